The molecule has 0 saturated carbocycles. The van der Waals surface area contributed by atoms with Crippen LogP contribution in [0.15, 0.2) is 46.9 Å². The first-order chi connectivity index (χ1) is 11.1. The summed E-state index contributed by atoms with van der Waals surface area (Å²) in [5.41, 5.74) is 10.3. The minimum Gasteiger partial charge on any atom is -0.399 e. The quantitative estimate of drug-likeness (QED) is 0.791. The Kier molecular flexibility index (Phi) is 5.01. The standard InChI is InChI=1S/C19H21BrN2O/c20-17-6-2-1-4-13(17)8-11-19(23)22-18-7-3-5-14-12-15(21)9-10-16(14)18/h1-2,4,6,9-10,12,18H,3,5,7-8,11,21H2,(H,22,23). The highest BCUT2D eigenvalue weighted by Crippen LogP contribution is 2.31. The van der Waals surface area contributed by atoms with Crippen molar-refractivity contribution in [1.29, 1.82) is 0 Å². The number of aryl methyl sites for hydroxylation is 2. The molecule has 4 heteroatoms. The first kappa shape index (κ1) is 16.1. The van der Waals surface area contributed by atoms with E-state index in [-0.39, 0.29) is 11.9 Å². The summed E-state index contributed by atoms with van der Waals surface area (Å²) in [6, 6.07) is 14.2. The van der Waals surface area contributed by atoms with Gasteiger partial charge in [0.25, 0.3) is 0 Å². The van der Waals surface area contributed by atoms with Crippen LogP contribution in [-0.4, -0.2) is 5.91 Å². The molecular weight excluding hydrogens is 352 g/mol. The molecule has 3 rings (SSSR count). The van der Waals surface area contributed by atoms with Crippen molar-refractivity contribution in [2.24, 2.45) is 0 Å². The van der Waals surface area contributed by atoms with Crippen LogP contribution in [0.3, 0.4) is 0 Å². The lowest BCUT2D eigenvalue weighted by molar-refractivity contribution is -0.121. The van der Waals surface area contributed by atoms with Gasteiger partial charge in [0.1, 0.15) is 0 Å². The van der Waals surface area contributed by atoms with Crippen molar-refractivity contribution in [3.8, 4) is 0 Å². The monoisotopic (exact) mass is 372 g/mol. The number of anilines is 1. The van der Waals surface area contributed by atoms with Gasteiger partial charge in [-0.25, -0.2) is 0 Å². The van der Waals surface area contributed by atoms with Gasteiger partial charge in [-0.1, -0.05) is 40.2 Å². The van der Waals surface area contributed by atoms with Gasteiger partial charge in [0.05, 0.1) is 6.04 Å². The van der Waals surface area contributed by atoms with Crippen LogP contribution in [0, 0.1) is 0 Å². The number of nitrogens with two attached hydrogens (primary N) is 1. The molecule has 0 aliphatic heterocycles. The van der Waals surface area contributed by atoms with E-state index < -0.39 is 0 Å². The van der Waals surface area contributed by atoms with Gasteiger partial charge in [0.2, 0.25) is 5.91 Å². The van der Waals surface area contributed by atoms with E-state index in [0.29, 0.717) is 6.42 Å². The van der Waals surface area contributed by atoms with Gasteiger partial charge in [-0.3, -0.25) is 4.79 Å². The number of carbonyl (C=O) groups is 1. The molecule has 1 unspecified atom stereocenters. The van der Waals surface area contributed by atoms with E-state index in [1.807, 2.05) is 30.3 Å². The summed E-state index contributed by atoms with van der Waals surface area (Å²) in [7, 11) is 0. The van der Waals surface area contributed by atoms with Crippen LogP contribution < -0.4 is 11.1 Å². The van der Waals surface area contributed by atoms with E-state index in [4.69, 9.17) is 5.73 Å². The van der Waals surface area contributed by atoms with Crippen LogP contribution in [0.25, 0.3) is 0 Å². The Bertz CT molecular complexity index is 714. The first-order valence-electron chi connectivity index (χ1n) is 8.04. The normalized spacial score (nSPS) is 16.7. The Hall–Kier alpha value is -1.81. The second kappa shape index (κ2) is 7.18. The molecule has 120 valence electrons. The maximum Gasteiger partial charge on any atom is 0.220 e. The molecule has 1 amide bonds. The largest absolute Gasteiger partial charge is 0.399 e. The molecule has 1 atom stereocenters. The van der Waals surface area contributed by atoms with Crippen molar-refractivity contribution < 1.29 is 4.79 Å². The summed E-state index contributed by atoms with van der Waals surface area (Å²) in [4.78, 5) is 12.3. The van der Waals surface area contributed by atoms with Gasteiger partial charge in [-0.15, -0.1) is 0 Å². The second-order valence-corrected chi connectivity index (χ2v) is 6.92. The fraction of sp³-hybridized carbons (Fsp3) is 0.316. The van der Waals surface area contributed by atoms with Crippen LogP contribution in [0.5, 0.6) is 0 Å². The minimum atomic E-state index is 0.107. The Morgan fingerprint density at radius 1 is 1.26 bits per heavy atom. The van der Waals surface area contributed by atoms with E-state index in [1.54, 1.807) is 0 Å². The summed E-state index contributed by atoms with van der Waals surface area (Å²) in [6.07, 6.45) is 4.38. The Labute approximate surface area is 145 Å². The van der Waals surface area contributed by atoms with Crippen molar-refractivity contribution in [2.75, 3.05) is 5.73 Å². The highest BCUT2D eigenvalue weighted by atomic mass is 79.9. The molecule has 0 aromatic heterocycles. The second-order valence-electron chi connectivity index (χ2n) is 6.06. The number of nitrogens with one attached hydrogen (secondary N) is 1. The summed E-state index contributed by atoms with van der Waals surface area (Å²) in [5.74, 6) is 0.107. The number of halogens is 1. The van der Waals surface area contributed by atoms with E-state index in [9.17, 15) is 4.79 Å². The Balaban J connectivity index is 1.62. The van der Waals surface area contributed by atoms with Crippen LogP contribution in [-0.2, 0) is 17.6 Å². The molecule has 0 heterocycles. The molecule has 3 nitrogen and oxygen atoms in total. The highest BCUT2D eigenvalue weighted by Gasteiger charge is 2.21. The molecule has 0 spiro atoms. The van der Waals surface area contributed by atoms with Crippen LogP contribution in [0.4, 0.5) is 5.69 Å². The third-order valence-corrected chi connectivity index (χ3v) is 5.17. The molecule has 0 bridgehead atoms. The van der Waals surface area contributed by atoms with E-state index >= 15 is 0 Å². The lowest BCUT2D eigenvalue weighted by Gasteiger charge is -2.26. The van der Waals surface area contributed by atoms with Gasteiger partial charge in [-0.05, 0) is 60.6 Å². The fourth-order valence-corrected chi connectivity index (χ4v) is 3.68. The maximum absolute atomic E-state index is 12.3. The molecule has 3 N–H and O–H groups in total. The number of nitrogen functional groups attached to an aromatic ring is 1. The smallest absolute Gasteiger partial charge is 0.220 e. The number of rotatable bonds is 4. The lowest BCUT2D eigenvalue weighted by atomic mass is 9.87. The molecule has 2 aromatic carbocycles. The van der Waals surface area contributed by atoms with Crippen LogP contribution >= 0.6 is 15.9 Å². The maximum atomic E-state index is 12.3. The highest BCUT2D eigenvalue weighted by molar-refractivity contribution is 9.10. The zero-order chi connectivity index (χ0) is 16.2. The van der Waals surface area contributed by atoms with Crippen molar-refractivity contribution in [1.82, 2.24) is 5.32 Å². The molecule has 2 aromatic rings. The van der Waals surface area contributed by atoms with E-state index in [0.717, 1.165) is 35.8 Å². The molecule has 0 fully saturated rings. The van der Waals surface area contributed by atoms with Crippen molar-refractivity contribution in [2.45, 2.75) is 38.1 Å². The van der Waals surface area contributed by atoms with E-state index in [1.165, 1.54) is 16.7 Å². The van der Waals surface area contributed by atoms with Crippen molar-refractivity contribution in [3.63, 3.8) is 0 Å². The van der Waals surface area contributed by atoms with Gasteiger partial charge in [0.15, 0.2) is 0 Å². The molecule has 1 aliphatic rings. The zero-order valence-corrected chi connectivity index (χ0v) is 14.6. The number of hydrogen-bond acceptors (Lipinski definition) is 2. The average Bonchev–Trinajstić information content (AvgIpc) is 2.54. The van der Waals surface area contributed by atoms with Gasteiger partial charge in [0, 0.05) is 16.6 Å². The number of fused-ring (bicyclic) bond motifs is 1. The molecule has 1 aliphatic carbocycles. The van der Waals surface area contributed by atoms with E-state index in [2.05, 4.69) is 33.4 Å². The van der Waals surface area contributed by atoms with Gasteiger partial charge in [-0.2, -0.15) is 0 Å². The van der Waals surface area contributed by atoms with Gasteiger partial charge >= 0.3 is 0 Å². The number of carbonyl (C=O) groups excluding carboxylic acids is 1. The Morgan fingerprint density at radius 3 is 2.91 bits per heavy atom. The Morgan fingerprint density at radius 2 is 2.09 bits per heavy atom. The number of hydrogen-bond donors (Lipinski definition) is 2. The molecule has 0 radical (unpaired) electrons. The average molecular weight is 373 g/mol. The summed E-state index contributed by atoms with van der Waals surface area (Å²) in [6.45, 7) is 0. The molecule has 0 saturated heterocycles. The number of benzene rings is 2. The third-order valence-electron chi connectivity index (χ3n) is 4.40. The minimum absolute atomic E-state index is 0.107. The summed E-state index contributed by atoms with van der Waals surface area (Å²) in [5, 5.41) is 3.19. The fourth-order valence-electron chi connectivity index (χ4n) is 3.20. The number of amides is 1. The molecular formula is C19H21BrN2O. The lowest BCUT2D eigenvalue weighted by Crippen LogP contribution is -2.31. The topological polar surface area (TPSA) is 55.1 Å². The van der Waals surface area contributed by atoms with Crippen molar-refractivity contribution in [3.05, 3.63) is 63.6 Å². The zero-order valence-electron chi connectivity index (χ0n) is 13.0. The predicted octanol–water partition coefficient (Wildman–Crippen LogP) is 4.16. The summed E-state index contributed by atoms with van der Waals surface area (Å²) >= 11 is 3.53. The first-order valence-corrected chi connectivity index (χ1v) is 8.84. The SMILES string of the molecule is Nc1ccc2c(c1)CCCC2NC(=O)CCc1ccccc1Br. The summed E-state index contributed by atoms with van der Waals surface area (Å²) < 4.78 is 1.06. The van der Waals surface area contributed by atoms with Gasteiger partial charge < -0.3 is 11.1 Å². The van der Waals surface area contributed by atoms with Crippen LogP contribution in [0.2, 0.25) is 0 Å². The van der Waals surface area contributed by atoms with Crippen molar-refractivity contribution >= 4 is 27.5 Å². The predicted molar refractivity (Wildman–Crippen MR) is 97.1 cm³/mol. The van der Waals surface area contributed by atoms with Crippen LogP contribution in [0.1, 0.15) is 42.0 Å². The molecule has 23 heavy (non-hydrogen) atoms. The third kappa shape index (κ3) is 3.94.